The Morgan fingerprint density at radius 3 is 2.85 bits per heavy atom. The Morgan fingerprint density at radius 1 is 1.15 bits per heavy atom. The van der Waals surface area contributed by atoms with Crippen LogP contribution in [-0.4, -0.2) is 23.9 Å². The molecule has 100 valence electrons. The van der Waals surface area contributed by atoms with Gasteiger partial charge in [-0.2, -0.15) is 0 Å². The van der Waals surface area contributed by atoms with Crippen LogP contribution in [0.4, 0.5) is 0 Å². The molecule has 1 fully saturated rings. The lowest BCUT2D eigenvalue weighted by Crippen LogP contribution is -2.46. The van der Waals surface area contributed by atoms with Gasteiger partial charge in [-0.15, -0.1) is 0 Å². The first-order valence-corrected chi connectivity index (χ1v) is 7.04. The fraction of sp³-hybridized carbons (Fsp3) is 0.188. The van der Waals surface area contributed by atoms with E-state index < -0.39 is 5.66 Å². The van der Waals surface area contributed by atoms with Crippen LogP contribution < -0.4 is 5.32 Å². The van der Waals surface area contributed by atoms with Crippen molar-refractivity contribution in [2.45, 2.75) is 5.66 Å². The van der Waals surface area contributed by atoms with E-state index in [2.05, 4.69) is 5.32 Å². The van der Waals surface area contributed by atoms with Gasteiger partial charge in [-0.1, -0.05) is 41.9 Å². The third-order valence-corrected chi connectivity index (χ3v) is 4.39. The zero-order valence-electron chi connectivity index (χ0n) is 10.8. The van der Waals surface area contributed by atoms with Crippen LogP contribution in [0.25, 0.3) is 0 Å². The van der Waals surface area contributed by atoms with Gasteiger partial charge in [0.1, 0.15) is 5.66 Å². The fourth-order valence-electron chi connectivity index (χ4n) is 3.36. The third kappa shape index (κ3) is 1.37. The largest absolute Gasteiger partial charge is 0.311 e. The molecular weight excluding hydrogens is 272 g/mol. The van der Waals surface area contributed by atoms with Crippen LogP contribution in [0.3, 0.4) is 0 Å². The summed E-state index contributed by atoms with van der Waals surface area (Å²) in [7, 11) is 0. The number of halogens is 1. The van der Waals surface area contributed by atoms with Gasteiger partial charge in [0.05, 0.1) is 0 Å². The molecule has 0 bridgehead atoms. The monoisotopic (exact) mass is 284 g/mol. The Kier molecular flexibility index (Phi) is 2.43. The van der Waals surface area contributed by atoms with Crippen molar-refractivity contribution >= 4 is 17.5 Å². The van der Waals surface area contributed by atoms with Gasteiger partial charge in [-0.05, 0) is 23.8 Å². The number of benzene rings is 2. The van der Waals surface area contributed by atoms with Crippen molar-refractivity contribution < 1.29 is 4.79 Å². The minimum absolute atomic E-state index is 0.0885. The first-order valence-electron chi connectivity index (χ1n) is 6.66. The molecule has 20 heavy (non-hydrogen) atoms. The van der Waals surface area contributed by atoms with Crippen LogP contribution in [-0.2, 0) is 5.66 Å². The predicted molar refractivity (Wildman–Crippen MR) is 77.7 cm³/mol. The lowest BCUT2D eigenvalue weighted by Gasteiger charge is -2.33. The normalized spacial score (nSPS) is 23.9. The van der Waals surface area contributed by atoms with Crippen LogP contribution in [0.15, 0.2) is 48.5 Å². The molecule has 0 saturated carbocycles. The van der Waals surface area contributed by atoms with Crippen LogP contribution in [0.2, 0.25) is 5.02 Å². The van der Waals surface area contributed by atoms with E-state index in [0.717, 1.165) is 23.2 Å². The molecule has 2 heterocycles. The summed E-state index contributed by atoms with van der Waals surface area (Å²) >= 11 is 6.14. The molecule has 2 aliphatic rings. The highest BCUT2D eigenvalue weighted by molar-refractivity contribution is 6.30. The summed E-state index contributed by atoms with van der Waals surface area (Å²) in [6.07, 6.45) is 0. The minimum atomic E-state index is -0.557. The Morgan fingerprint density at radius 2 is 2.00 bits per heavy atom. The van der Waals surface area contributed by atoms with Crippen molar-refractivity contribution in [1.82, 2.24) is 10.2 Å². The van der Waals surface area contributed by atoms with E-state index in [1.165, 1.54) is 0 Å². The number of hydrogen-bond donors (Lipinski definition) is 1. The van der Waals surface area contributed by atoms with Crippen molar-refractivity contribution in [2.24, 2.45) is 0 Å². The van der Waals surface area contributed by atoms with Crippen molar-refractivity contribution in [3.8, 4) is 0 Å². The van der Waals surface area contributed by atoms with E-state index >= 15 is 0 Å². The number of carbonyl (C=O) groups is 1. The molecule has 4 rings (SSSR count). The number of carbonyl (C=O) groups excluding carboxylic acids is 1. The van der Waals surface area contributed by atoms with Gasteiger partial charge < -0.3 is 4.90 Å². The molecular formula is C16H13ClN2O. The lowest BCUT2D eigenvalue weighted by molar-refractivity contribution is 0.0694. The Bertz CT molecular complexity index is 715. The number of amides is 1. The summed E-state index contributed by atoms with van der Waals surface area (Å²) in [6.45, 7) is 1.49. The second-order valence-corrected chi connectivity index (χ2v) is 5.59. The number of hydrogen-bond acceptors (Lipinski definition) is 2. The van der Waals surface area contributed by atoms with Crippen molar-refractivity contribution in [2.75, 3.05) is 13.1 Å². The van der Waals surface area contributed by atoms with Crippen molar-refractivity contribution in [1.29, 1.82) is 0 Å². The molecule has 2 aromatic carbocycles. The maximum absolute atomic E-state index is 12.6. The van der Waals surface area contributed by atoms with E-state index in [0.29, 0.717) is 11.6 Å². The van der Waals surface area contributed by atoms with Gasteiger partial charge >= 0.3 is 0 Å². The van der Waals surface area contributed by atoms with Crippen LogP contribution in [0, 0.1) is 0 Å². The predicted octanol–water partition coefficient (Wildman–Crippen LogP) is 2.60. The minimum Gasteiger partial charge on any atom is -0.311 e. The summed E-state index contributed by atoms with van der Waals surface area (Å²) in [5.41, 5.74) is 2.25. The Balaban J connectivity index is 2.01. The van der Waals surface area contributed by atoms with Gasteiger partial charge in [0.2, 0.25) is 0 Å². The van der Waals surface area contributed by atoms with E-state index in [1.54, 1.807) is 0 Å². The SMILES string of the molecule is O=C1c2ccccc2C2(c3cccc(Cl)c3)NCCN12. The van der Waals surface area contributed by atoms with E-state index in [1.807, 2.05) is 53.4 Å². The number of nitrogens with one attached hydrogen (secondary N) is 1. The average Bonchev–Trinajstić information content (AvgIpc) is 3.00. The van der Waals surface area contributed by atoms with Crippen molar-refractivity contribution in [3.05, 3.63) is 70.2 Å². The molecule has 0 aliphatic carbocycles. The molecule has 0 radical (unpaired) electrons. The molecule has 0 spiro atoms. The quantitative estimate of drug-likeness (QED) is 0.873. The topological polar surface area (TPSA) is 32.3 Å². The summed E-state index contributed by atoms with van der Waals surface area (Å²) in [4.78, 5) is 14.5. The van der Waals surface area contributed by atoms with Gasteiger partial charge in [0, 0.05) is 29.2 Å². The van der Waals surface area contributed by atoms with Gasteiger partial charge in [-0.3, -0.25) is 10.1 Å². The maximum Gasteiger partial charge on any atom is 0.256 e. The molecule has 0 aromatic heterocycles. The second kappa shape index (κ2) is 4.08. The number of fused-ring (bicyclic) bond motifs is 3. The average molecular weight is 285 g/mol. The summed E-state index contributed by atoms with van der Waals surface area (Å²) in [5, 5.41) is 4.19. The smallest absolute Gasteiger partial charge is 0.256 e. The highest BCUT2D eigenvalue weighted by Gasteiger charge is 2.53. The molecule has 1 amide bonds. The molecule has 3 nitrogen and oxygen atoms in total. The van der Waals surface area contributed by atoms with E-state index in [-0.39, 0.29) is 5.91 Å². The molecule has 4 heteroatoms. The highest BCUT2D eigenvalue weighted by Crippen LogP contribution is 2.44. The van der Waals surface area contributed by atoms with Gasteiger partial charge in [0.25, 0.3) is 5.91 Å². The van der Waals surface area contributed by atoms with E-state index in [4.69, 9.17) is 11.6 Å². The molecule has 2 aromatic rings. The Hall–Kier alpha value is -1.84. The molecule has 1 N–H and O–H groups in total. The molecule has 1 atom stereocenters. The summed E-state index contributed by atoms with van der Waals surface area (Å²) in [5.74, 6) is 0.0885. The Labute approximate surface area is 122 Å². The van der Waals surface area contributed by atoms with E-state index in [9.17, 15) is 4.79 Å². The van der Waals surface area contributed by atoms with Crippen LogP contribution >= 0.6 is 11.6 Å². The summed E-state index contributed by atoms with van der Waals surface area (Å²) in [6, 6.07) is 15.5. The fourth-order valence-corrected chi connectivity index (χ4v) is 3.55. The number of rotatable bonds is 1. The zero-order valence-corrected chi connectivity index (χ0v) is 11.5. The van der Waals surface area contributed by atoms with Gasteiger partial charge in [-0.25, -0.2) is 0 Å². The highest BCUT2D eigenvalue weighted by atomic mass is 35.5. The second-order valence-electron chi connectivity index (χ2n) is 5.15. The molecule has 1 saturated heterocycles. The zero-order chi connectivity index (χ0) is 13.7. The van der Waals surface area contributed by atoms with Crippen LogP contribution in [0.1, 0.15) is 21.5 Å². The first kappa shape index (κ1) is 11.9. The van der Waals surface area contributed by atoms with Gasteiger partial charge in [0.15, 0.2) is 0 Å². The standard InChI is InChI=1S/C16H13ClN2O/c17-12-5-3-4-11(10-12)16-14-7-2-1-6-13(14)15(20)19(16)9-8-18-16/h1-7,10,18H,8-9H2. The van der Waals surface area contributed by atoms with Crippen LogP contribution in [0.5, 0.6) is 0 Å². The molecule has 2 aliphatic heterocycles. The summed E-state index contributed by atoms with van der Waals surface area (Å²) < 4.78 is 0. The third-order valence-electron chi connectivity index (χ3n) is 4.16. The lowest BCUT2D eigenvalue weighted by atomic mass is 9.91. The number of nitrogens with zero attached hydrogens (tertiary/aromatic N) is 1. The van der Waals surface area contributed by atoms with Crippen molar-refractivity contribution in [3.63, 3.8) is 0 Å². The molecule has 1 unspecified atom stereocenters. The first-order chi connectivity index (χ1) is 9.73. The maximum atomic E-state index is 12.6.